The van der Waals surface area contributed by atoms with Gasteiger partial charge in [-0.15, -0.1) is 0 Å². The topological polar surface area (TPSA) is 68.0 Å². The van der Waals surface area contributed by atoms with Crippen LogP contribution in [-0.2, 0) is 6.54 Å². The molecule has 0 spiro atoms. The average Bonchev–Trinajstić information content (AvgIpc) is 3.26. The van der Waals surface area contributed by atoms with E-state index in [1.807, 2.05) is 67.1 Å². The highest BCUT2D eigenvalue weighted by atomic mass is 35.5. The van der Waals surface area contributed by atoms with Crippen molar-refractivity contribution in [2.45, 2.75) is 26.8 Å². The molecule has 0 amide bonds. The lowest BCUT2D eigenvalue weighted by molar-refractivity contribution is 0.788. The number of nitrogens with one attached hydrogen (secondary N) is 1. The predicted molar refractivity (Wildman–Crippen MR) is 122 cm³/mol. The van der Waals surface area contributed by atoms with Crippen molar-refractivity contribution in [3.63, 3.8) is 0 Å². The molecule has 3 heterocycles. The third kappa shape index (κ3) is 3.74. The van der Waals surface area contributed by atoms with E-state index in [0.29, 0.717) is 28.9 Å². The largest absolute Gasteiger partial charge is 0.341 e. The zero-order valence-electron chi connectivity index (χ0n) is 16.8. The van der Waals surface area contributed by atoms with Gasteiger partial charge in [0.2, 0.25) is 0 Å². The Morgan fingerprint density at radius 2 is 2.03 bits per heavy atom. The molecule has 152 valence electrons. The maximum atomic E-state index is 12.6. The Labute approximate surface area is 178 Å². The van der Waals surface area contributed by atoms with E-state index in [2.05, 4.69) is 27.2 Å². The number of hydrogen-bond acceptors (Lipinski definition) is 3. The van der Waals surface area contributed by atoms with Gasteiger partial charge in [0.15, 0.2) is 5.82 Å². The van der Waals surface area contributed by atoms with Crippen LogP contribution in [0, 0.1) is 0 Å². The van der Waals surface area contributed by atoms with Crippen molar-refractivity contribution < 1.29 is 0 Å². The van der Waals surface area contributed by atoms with E-state index in [4.69, 9.17) is 11.6 Å². The second-order valence-electron chi connectivity index (χ2n) is 6.59. The lowest BCUT2D eigenvalue weighted by Crippen LogP contribution is -2.17. The quantitative estimate of drug-likeness (QED) is 0.508. The number of halogens is 1. The van der Waals surface area contributed by atoms with Gasteiger partial charge in [-0.2, -0.15) is 9.50 Å². The fourth-order valence-corrected chi connectivity index (χ4v) is 3.62. The Kier molecular flexibility index (Phi) is 5.68. The van der Waals surface area contributed by atoms with Crippen LogP contribution in [0.5, 0.6) is 0 Å². The molecule has 0 bridgehead atoms. The minimum atomic E-state index is -0.190. The van der Waals surface area contributed by atoms with Gasteiger partial charge in [0.05, 0.1) is 12.2 Å². The van der Waals surface area contributed by atoms with Crippen molar-refractivity contribution in [3.8, 4) is 0 Å². The third-order valence-electron chi connectivity index (χ3n) is 4.75. The van der Waals surface area contributed by atoms with Gasteiger partial charge < -0.3 is 4.57 Å². The Bertz CT molecular complexity index is 1350. The predicted octanol–water partition coefficient (Wildman–Crippen LogP) is 5.00. The highest BCUT2D eigenvalue weighted by molar-refractivity contribution is 6.35. The van der Waals surface area contributed by atoms with E-state index in [0.717, 1.165) is 22.9 Å². The Morgan fingerprint density at radius 1 is 1.17 bits per heavy atom. The zero-order valence-corrected chi connectivity index (χ0v) is 17.6. The summed E-state index contributed by atoms with van der Waals surface area (Å²) in [6, 6.07) is 9.27. The molecule has 4 aromatic rings. The van der Waals surface area contributed by atoms with Crippen LogP contribution in [0.1, 0.15) is 31.8 Å². The number of benzene rings is 1. The molecule has 1 aliphatic rings. The van der Waals surface area contributed by atoms with E-state index in [-0.39, 0.29) is 5.56 Å². The first-order chi connectivity index (χ1) is 14.7. The molecule has 7 heteroatoms. The van der Waals surface area contributed by atoms with E-state index in [1.165, 1.54) is 10.6 Å². The lowest BCUT2D eigenvalue weighted by Gasteiger charge is -2.05. The van der Waals surface area contributed by atoms with Crippen LogP contribution in [0.15, 0.2) is 71.7 Å². The molecule has 0 fully saturated rings. The highest BCUT2D eigenvalue weighted by Gasteiger charge is 2.12. The van der Waals surface area contributed by atoms with E-state index < -0.39 is 0 Å². The summed E-state index contributed by atoms with van der Waals surface area (Å²) in [5.74, 6) is 0.985. The third-order valence-corrected chi connectivity index (χ3v) is 5.08. The molecule has 5 rings (SSSR count). The summed E-state index contributed by atoms with van der Waals surface area (Å²) in [5, 5.41) is 4.72. The van der Waals surface area contributed by atoms with E-state index in [9.17, 15) is 4.79 Å². The highest BCUT2D eigenvalue weighted by Crippen LogP contribution is 2.24. The first kappa shape index (κ1) is 19.9. The molecule has 0 atom stereocenters. The molecule has 6 nitrogen and oxygen atoms in total. The van der Waals surface area contributed by atoms with Crippen molar-refractivity contribution in [2.24, 2.45) is 0 Å². The molecular formula is C23H22ClN5O. The normalized spacial score (nSPS) is 13.2. The number of fused-ring (bicyclic) bond motifs is 2. The van der Waals surface area contributed by atoms with Crippen LogP contribution < -0.4 is 5.56 Å². The first-order valence-electron chi connectivity index (χ1n) is 9.95. The van der Waals surface area contributed by atoms with Gasteiger partial charge in [0.25, 0.3) is 11.3 Å². The molecule has 1 aliphatic carbocycles. The average molecular weight is 420 g/mol. The molecule has 30 heavy (non-hydrogen) atoms. The van der Waals surface area contributed by atoms with Crippen LogP contribution >= 0.6 is 11.6 Å². The van der Waals surface area contributed by atoms with Crippen molar-refractivity contribution in [1.82, 2.24) is 24.1 Å². The van der Waals surface area contributed by atoms with Gasteiger partial charge >= 0.3 is 0 Å². The van der Waals surface area contributed by atoms with Gasteiger partial charge in [-0.3, -0.25) is 9.89 Å². The number of H-pyrrole nitrogens is 1. The summed E-state index contributed by atoms with van der Waals surface area (Å²) >= 11 is 6.25. The molecule has 0 radical (unpaired) electrons. The smallest absolute Gasteiger partial charge is 0.274 e. The lowest BCUT2D eigenvalue weighted by atomic mass is 10.2. The molecule has 1 N–H and O–H groups in total. The summed E-state index contributed by atoms with van der Waals surface area (Å²) in [5.41, 5.74) is 2.39. The Morgan fingerprint density at radius 3 is 2.90 bits per heavy atom. The van der Waals surface area contributed by atoms with Gasteiger partial charge in [0.1, 0.15) is 0 Å². The second-order valence-corrected chi connectivity index (χ2v) is 7.00. The SMILES string of the molecule is CC.O=c1cc(Cn2ccc3c(Cl)cccc32)nc2nc(C3=CCC=CC=C3)[nH]n12. The Hall–Kier alpha value is -3.38. The first-order valence-corrected chi connectivity index (χ1v) is 10.3. The number of allylic oxidation sites excluding steroid dienone is 6. The maximum absolute atomic E-state index is 12.6. The standard InChI is InChI=1S/C21H16ClN5O.C2H6/c22-17-8-5-9-18-16(17)10-11-26(18)13-15-12-19(28)27-21(23-15)24-20(25-27)14-6-3-1-2-4-7-14;1-2/h1-3,5-12H,4,13H2,(H,23,24,25);1-2H3. The van der Waals surface area contributed by atoms with Crippen LogP contribution in [-0.4, -0.2) is 24.1 Å². The molecule has 0 aliphatic heterocycles. The molecule has 0 unspecified atom stereocenters. The molecule has 1 aromatic carbocycles. The molecule has 0 saturated carbocycles. The fourth-order valence-electron chi connectivity index (χ4n) is 3.39. The van der Waals surface area contributed by atoms with Crippen molar-refractivity contribution >= 4 is 33.9 Å². The summed E-state index contributed by atoms with van der Waals surface area (Å²) < 4.78 is 3.39. The van der Waals surface area contributed by atoms with Crippen molar-refractivity contribution in [3.05, 3.63) is 93.8 Å². The number of aromatic amines is 1. The summed E-state index contributed by atoms with van der Waals surface area (Å²) in [6.07, 6.45) is 12.8. The summed E-state index contributed by atoms with van der Waals surface area (Å²) in [4.78, 5) is 21.7. The van der Waals surface area contributed by atoms with Gasteiger partial charge in [-0.25, -0.2) is 4.98 Å². The van der Waals surface area contributed by atoms with Gasteiger partial charge in [-0.05, 0) is 24.6 Å². The fraction of sp³-hybridized carbons (Fsp3) is 0.174. The Balaban J connectivity index is 0.00000106. The summed E-state index contributed by atoms with van der Waals surface area (Å²) in [6.45, 7) is 4.46. The maximum Gasteiger partial charge on any atom is 0.274 e. The number of aromatic nitrogens is 5. The summed E-state index contributed by atoms with van der Waals surface area (Å²) in [7, 11) is 0. The number of rotatable bonds is 3. The van der Waals surface area contributed by atoms with Crippen LogP contribution in [0.4, 0.5) is 0 Å². The monoisotopic (exact) mass is 419 g/mol. The van der Waals surface area contributed by atoms with Crippen LogP contribution in [0.3, 0.4) is 0 Å². The van der Waals surface area contributed by atoms with E-state index in [1.54, 1.807) is 0 Å². The minimum Gasteiger partial charge on any atom is -0.341 e. The minimum absolute atomic E-state index is 0.190. The van der Waals surface area contributed by atoms with Crippen molar-refractivity contribution in [1.29, 1.82) is 0 Å². The van der Waals surface area contributed by atoms with Crippen LogP contribution in [0.2, 0.25) is 5.02 Å². The number of nitrogens with zero attached hydrogens (tertiary/aromatic N) is 4. The van der Waals surface area contributed by atoms with E-state index >= 15 is 0 Å². The van der Waals surface area contributed by atoms with Gasteiger partial charge in [-0.1, -0.05) is 61.9 Å². The number of hydrogen-bond donors (Lipinski definition) is 1. The second kappa shape index (κ2) is 8.55. The van der Waals surface area contributed by atoms with Crippen molar-refractivity contribution in [2.75, 3.05) is 0 Å². The zero-order chi connectivity index (χ0) is 21.1. The molecule has 3 aromatic heterocycles. The van der Waals surface area contributed by atoms with Gasteiger partial charge in [0, 0.05) is 33.8 Å². The molecule has 0 saturated heterocycles. The van der Waals surface area contributed by atoms with Crippen LogP contribution in [0.25, 0.3) is 22.3 Å². The molecular weight excluding hydrogens is 398 g/mol.